The third-order valence-electron chi connectivity index (χ3n) is 2.71. The lowest BCUT2D eigenvalue weighted by Crippen LogP contribution is -2.35. The molecule has 2 heterocycles. The van der Waals surface area contributed by atoms with Crippen molar-refractivity contribution in [3.8, 4) is 0 Å². The van der Waals surface area contributed by atoms with Crippen LogP contribution in [0.1, 0.15) is 0 Å². The minimum absolute atomic E-state index is 0.0269. The maximum absolute atomic E-state index is 11.8. The van der Waals surface area contributed by atoms with E-state index < -0.39 is 11.9 Å². The third kappa shape index (κ3) is 4.04. The summed E-state index contributed by atoms with van der Waals surface area (Å²) in [6.45, 7) is 0. The molecule has 8 nitrogen and oxygen atoms in total. The fraction of sp³-hybridized carbons (Fsp3) is 0.0714. The molecule has 0 aliphatic heterocycles. The summed E-state index contributed by atoms with van der Waals surface area (Å²) in [7, 11) is 0. The van der Waals surface area contributed by atoms with E-state index in [4.69, 9.17) is 0 Å². The molecule has 1 aromatic carbocycles. The number of hydrogen-bond donors (Lipinski definition) is 2. The molecule has 0 radical (unpaired) electrons. The Morgan fingerprint density at radius 1 is 1.17 bits per heavy atom. The maximum atomic E-state index is 11.8. The third-order valence-corrected chi connectivity index (χ3v) is 3.55. The lowest BCUT2D eigenvalue weighted by Gasteiger charge is -2.05. The fourth-order valence-corrected chi connectivity index (χ4v) is 2.38. The number of anilines is 1. The molecule has 0 spiro atoms. The van der Waals surface area contributed by atoms with E-state index >= 15 is 0 Å². The molecule has 0 aliphatic carbocycles. The molecule has 3 aromatic rings. The largest absolute Gasteiger partial charge is 0.325 e. The molecule has 0 bridgehead atoms. The molecule has 116 valence electrons. The van der Waals surface area contributed by atoms with Crippen LogP contribution >= 0.6 is 11.8 Å². The molecular weight excluding hydrogens is 316 g/mol. The minimum Gasteiger partial charge on any atom is -0.308 e. The van der Waals surface area contributed by atoms with Gasteiger partial charge in [-0.25, -0.2) is 14.3 Å². The van der Waals surface area contributed by atoms with Crippen LogP contribution in [0.4, 0.5) is 10.5 Å². The number of thioether (sulfide) groups is 1. The molecule has 0 saturated carbocycles. The van der Waals surface area contributed by atoms with E-state index in [0.29, 0.717) is 16.6 Å². The summed E-state index contributed by atoms with van der Waals surface area (Å²) in [6.07, 6.45) is 3.33. The molecule has 3 rings (SSSR count). The number of nitrogens with one attached hydrogen (secondary N) is 2. The SMILES string of the molecule is O=C(CSc1nc2ncccn2n1)NC(=O)Nc1ccccc1. The zero-order valence-electron chi connectivity index (χ0n) is 11.8. The second-order valence-corrected chi connectivity index (χ2v) is 5.36. The fourth-order valence-electron chi connectivity index (χ4n) is 1.75. The Kier molecular flexibility index (Phi) is 4.48. The Morgan fingerprint density at radius 3 is 2.78 bits per heavy atom. The van der Waals surface area contributed by atoms with Gasteiger partial charge in [0.1, 0.15) is 0 Å². The molecule has 2 N–H and O–H groups in total. The average Bonchev–Trinajstić information content (AvgIpc) is 2.96. The molecule has 0 saturated heterocycles. The summed E-state index contributed by atoms with van der Waals surface area (Å²) >= 11 is 1.13. The molecule has 0 atom stereocenters. The first-order valence-corrected chi connectivity index (χ1v) is 7.65. The van der Waals surface area contributed by atoms with Gasteiger partial charge in [-0.05, 0) is 18.2 Å². The van der Waals surface area contributed by atoms with Crippen molar-refractivity contribution in [1.82, 2.24) is 24.9 Å². The van der Waals surface area contributed by atoms with Gasteiger partial charge in [-0.3, -0.25) is 10.1 Å². The number of imide groups is 1. The summed E-state index contributed by atoms with van der Waals surface area (Å²) in [5.41, 5.74) is 0.610. The topological polar surface area (TPSA) is 101 Å². The number of rotatable bonds is 4. The van der Waals surface area contributed by atoms with E-state index in [0.717, 1.165) is 11.8 Å². The van der Waals surface area contributed by atoms with Crippen LogP contribution in [0.2, 0.25) is 0 Å². The number of para-hydroxylation sites is 1. The number of benzene rings is 1. The predicted octanol–water partition coefficient (Wildman–Crippen LogP) is 1.56. The number of carbonyl (C=O) groups excluding carboxylic acids is 2. The van der Waals surface area contributed by atoms with Crippen LogP contribution in [-0.4, -0.2) is 37.3 Å². The van der Waals surface area contributed by atoms with Crippen molar-refractivity contribution in [2.24, 2.45) is 0 Å². The minimum atomic E-state index is -0.577. The van der Waals surface area contributed by atoms with Gasteiger partial charge in [0.2, 0.25) is 11.1 Å². The van der Waals surface area contributed by atoms with Gasteiger partial charge in [-0.1, -0.05) is 30.0 Å². The predicted molar refractivity (Wildman–Crippen MR) is 85.1 cm³/mol. The van der Waals surface area contributed by atoms with Crippen molar-refractivity contribution in [2.45, 2.75) is 5.16 Å². The second kappa shape index (κ2) is 6.88. The number of nitrogens with zero attached hydrogens (tertiary/aromatic N) is 4. The number of amides is 3. The molecule has 23 heavy (non-hydrogen) atoms. The highest BCUT2D eigenvalue weighted by Gasteiger charge is 2.11. The summed E-state index contributed by atoms with van der Waals surface area (Å²) in [6, 6.07) is 10.0. The average molecular weight is 328 g/mol. The second-order valence-electron chi connectivity index (χ2n) is 4.42. The Labute approximate surface area is 135 Å². The lowest BCUT2D eigenvalue weighted by molar-refractivity contribution is -0.117. The number of carbonyl (C=O) groups is 2. The Hall–Kier alpha value is -2.94. The number of urea groups is 1. The van der Waals surface area contributed by atoms with E-state index in [-0.39, 0.29) is 5.75 Å². The highest BCUT2D eigenvalue weighted by molar-refractivity contribution is 7.99. The van der Waals surface area contributed by atoms with Gasteiger partial charge in [0, 0.05) is 18.1 Å². The molecule has 0 aliphatic rings. The Balaban J connectivity index is 1.50. The van der Waals surface area contributed by atoms with Crippen LogP contribution in [0.25, 0.3) is 5.78 Å². The van der Waals surface area contributed by atoms with E-state index in [1.807, 2.05) is 6.07 Å². The zero-order chi connectivity index (χ0) is 16.1. The molecular formula is C14H12N6O2S. The summed E-state index contributed by atoms with van der Waals surface area (Å²) in [5.74, 6) is 0.0477. The summed E-state index contributed by atoms with van der Waals surface area (Å²) in [5, 5.41) is 9.39. The van der Waals surface area contributed by atoms with E-state index in [1.165, 1.54) is 4.52 Å². The monoisotopic (exact) mass is 328 g/mol. The van der Waals surface area contributed by atoms with Crippen molar-refractivity contribution in [3.05, 3.63) is 48.8 Å². The van der Waals surface area contributed by atoms with Gasteiger partial charge in [-0.15, -0.1) is 5.10 Å². The van der Waals surface area contributed by atoms with Crippen molar-refractivity contribution < 1.29 is 9.59 Å². The van der Waals surface area contributed by atoms with Crippen LogP contribution in [-0.2, 0) is 4.79 Å². The summed E-state index contributed by atoms with van der Waals surface area (Å²) in [4.78, 5) is 31.6. The number of aromatic nitrogens is 4. The van der Waals surface area contributed by atoms with Crippen LogP contribution in [0.3, 0.4) is 0 Å². The van der Waals surface area contributed by atoms with Crippen LogP contribution < -0.4 is 10.6 Å². The Morgan fingerprint density at radius 2 is 2.00 bits per heavy atom. The van der Waals surface area contributed by atoms with E-state index in [2.05, 4.69) is 25.7 Å². The number of fused-ring (bicyclic) bond motifs is 1. The van der Waals surface area contributed by atoms with Gasteiger partial charge in [0.05, 0.1) is 5.75 Å². The van der Waals surface area contributed by atoms with Crippen molar-refractivity contribution >= 4 is 35.2 Å². The van der Waals surface area contributed by atoms with Crippen molar-refractivity contribution in [1.29, 1.82) is 0 Å². The Bertz CT molecular complexity index is 802. The number of hydrogen-bond acceptors (Lipinski definition) is 6. The molecule has 2 aromatic heterocycles. The molecule has 9 heteroatoms. The first-order valence-electron chi connectivity index (χ1n) is 6.67. The molecule has 0 fully saturated rings. The normalized spacial score (nSPS) is 10.4. The maximum Gasteiger partial charge on any atom is 0.325 e. The van der Waals surface area contributed by atoms with Crippen LogP contribution in [0.15, 0.2) is 53.9 Å². The zero-order valence-corrected chi connectivity index (χ0v) is 12.7. The van der Waals surface area contributed by atoms with Gasteiger partial charge < -0.3 is 5.32 Å². The van der Waals surface area contributed by atoms with E-state index in [9.17, 15) is 9.59 Å². The molecule has 0 unspecified atom stereocenters. The molecule has 3 amide bonds. The van der Waals surface area contributed by atoms with Gasteiger partial charge in [0.15, 0.2) is 0 Å². The first-order chi connectivity index (χ1) is 11.2. The van der Waals surface area contributed by atoms with Gasteiger partial charge in [-0.2, -0.15) is 4.98 Å². The lowest BCUT2D eigenvalue weighted by atomic mass is 10.3. The smallest absolute Gasteiger partial charge is 0.308 e. The van der Waals surface area contributed by atoms with Gasteiger partial charge in [0.25, 0.3) is 5.78 Å². The van der Waals surface area contributed by atoms with Gasteiger partial charge >= 0.3 is 6.03 Å². The van der Waals surface area contributed by atoms with Crippen molar-refractivity contribution in [2.75, 3.05) is 11.1 Å². The van der Waals surface area contributed by atoms with E-state index in [1.54, 1.807) is 42.7 Å². The van der Waals surface area contributed by atoms with Crippen LogP contribution in [0.5, 0.6) is 0 Å². The standard InChI is InChI=1S/C14H12N6O2S/c21-11(17-13(22)16-10-5-2-1-3-6-10)9-23-14-18-12-15-7-4-8-20(12)19-14/h1-8H,9H2,(H2,16,17,21,22). The van der Waals surface area contributed by atoms with Crippen LogP contribution in [0, 0.1) is 0 Å². The summed E-state index contributed by atoms with van der Waals surface area (Å²) < 4.78 is 1.52. The first kappa shape index (κ1) is 15.0. The van der Waals surface area contributed by atoms with Crippen molar-refractivity contribution in [3.63, 3.8) is 0 Å². The highest BCUT2D eigenvalue weighted by atomic mass is 32.2. The quantitative estimate of drug-likeness (QED) is 0.705. The highest BCUT2D eigenvalue weighted by Crippen LogP contribution is 2.13.